The van der Waals surface area contributed by atoms with Crippen LogP contribution in [0.3, 0.4) is 0 Å². The lowest BCUT2D eigenvalue weighted by Crippen LogP contribution is -2.15. The number of esters is 1. The second kappa shape index (κ2) is 6.80. The Labute approximate surface area is 128 Å². The minimum Gasteiger partial charge on any atom is -0.459 e. The number of aryl methyl sites for hydroxylation is 1. The molecule has 0 saturated heterocycles. The van der Waals surface area contributed by atoms with E-state index in [0.717, 1.165) is 5.69 Å². The monoisotopic (exact) mass is 299 g/mol. The van der Waals surface area contributed by atoms with Gasteiger partial charge in [-0.25, -0.2) is 9.78 Å². The number of anilines is 1. The summed E-state index contributed by atoms with van der Waals surface area (Å²) in [6.07, 6.45) is 2.77. The number of ether oxygens (including phenoxy) is 1. The summed E-state index contributed by atoms with van der Waals surface area (Å²) in [4.78, 5) is 31.7. The third-order valence-corrected chi connectivity index (χ3v) is 2.73. The maximum atomic E-state index is 12.0. The van der Waals surface area contributed by atoms with Gasteiger partial charge in [-0.1, -0.05) is 0 Å². The highest BCUT2D eigenvalue weighted by Gasteiger charge is 2.11. The maximum absolute atomic E-state index is 12.0. The molecule has 1 aromatic heterocycles. The highest BCUT2D eigenvalue weighted by Crippen LogP contribution is 2.12. The summed E-state index contributed by atoms with van der Waals surface area (Å²) < 4.78 is 5.09. The Bertz CT molecular complexity index is 664. The summed E-state index contributed by atoms with van der Waals surface area (Å²) in [6.45, 7) is 5.37. The summed E-state index contributed by atoms with van der Waals surface area (Å²) in [5.41, 5.74) is 1.97. The molecule has 1 N–H and O–H groups in total. The SMILES string of the molecule is Cc1cnc(C(=O)Nc2ccc(C(=O)OC(C)C)cc2)cn1. The molecule has 0 atom stereocenters. The third-order valence-electron chi connectivity index (χ3n) is 2.73. The van der Waals surface area contributed by atoms with Crippen LogP contribution in [-0.4, -0.2) is 27.9 Å². The average Bonchev–Trinajstić information content (AvgIpc) is 2.48. The van der Waals surface area contributed by atoms with Gasteiger partial charge in [0.25, 0.3) is 5.91 Å². The van der Waals surface area contributed by atoms with E-state index in [9.17, 15) is 9.59 Å². The van der Waals surface area contributed by atoms with Crippen LogP contribution >= 0.6 is 0 Å². The molecule has 0 radical (unpaired) electrons. The minimum atomic E-state index is -0.391. The number of carbonyl (C=O) groups is 2. The van der Waals surface area contributed by atoms with Gasteiger partial charge in [-0.3, -0.25) is 9.78 Å². The van der Waals surface area contributed by atoms with Crippen molar-refractivity contribution in [2.45, 2.75) is 26.9 Å². The predicted octanol–water partition coefficient (Wildman–Crippen LogP) is 2.60. The second-order valence-corrected chi connectivity index (χ2v) is 5.03. The molecule has 1 heterocycles. The minimum absolute atomic E-state index is 0.174. The molecule has 0 unspecified atom stereocenters. The van der Waals surface area contributed by atoms with Crippen molar-refractivity contribution in [1.82, 2.24) is 9.97 Å². The highest BCUT2D eigenvalue weighted by molar-refractivity contribution is 6.02. The van der Waals surface area contributed by atoms with E-state index in [2.05, 4.69) is 15.3 Å². The van der Waals surface area contributed by atoms with Gasteiger partial charge in [0.2, 0.25) is 0 Å². The zero-order chi connectivity index (χ0) is 16.1. The Hall–Kier alpha value is -2.76. The number of rotatable bonds is 4. The maximum Gasteiger partial charge on any atom is 0.338 e. The van der Waals surface area contributed by atoms with Crippen molar-refractivity contribution in [2.24, 2.45) is 0 Å². The van der Waals surface area contributed by atoms with Gasteiger partial charge >= 0.3 is 5.97 Å². The first-order valence-corrected chi connectivity index (χ1v) is 6.87. The topological polar surface area (TPSA) is 81.2 Å². The molecule has 2 aromatic rings. The fraction of sp³-hybridized carbons (Fsp3) is 0.250. The Balaban J connectivity index is 2.03. The molecule has 1 amide bonds. The lowest BCUT2D eigenvalue weighted by molar-refractivity contribution is 0.0378. The van der Waals surface area contributed by atoms with Crippen molar-refractivity contribution in [1.29, 1.82) is 0 Å². The van der Waals surface area contributed by atoms with Gasteiger partial charge in [0.15, 0.2) is 0 Å². The van der Waals surface area contributed by atoms with Gasteiger partial charge in [0, 0.05) is 11.9 Å². The van der Waals surface area contributed by atoms with E-state index in [0.29, 0.717) is 11.3 Å². The summed E-state index contributed by atoms with van der Waals surface area (Å²) in [6, 6.07) is 6.47. The van der Waals surface area contributed by atoms with Crippen molar-refractivity contribution in [3.63, 3.8) is 0 Å². The van der Waals surface area contributed by atoms with Crippen molar-refractivity contribution in [3.8, 4) is 0 Å². The van der Waals surface area contributed by atoms with Crippen LogP contribution in [0.1, 0.15) is 40.4 Å². The third kappa shape index (κ3) is 4.12. The number of amides is 1. The Morgan fingerprint density at radius 2 is 1.77 bits per heavy atom. The molecule has 0 aliphatic heterocycles. The zero-order valence-corrected chi connectivity index (χ0v) is 12.7. The van der Waals surface area contributed by atoms with Crippen LogP contribution in [0.2, 0.25) is 0 Å². The fourth-order valence-corrected chi connectivity index (χ4v) is 1.68. The quantitative estimate of drug-likeness (QED) is 0.878. The van der Waals surface area contributed by atoms with Crippen molar-refractivity contribution < 1.29 is 14.3 Å². The molecular weight excluding hydrogens is 282 g/mol. The van der Waals surface area contributed by atoms with E-state index in [1.807, 2.05) is 0 Å². The summed E-state index contributed by atoms with van der Waals surface area (Å²) in [7, 11) is 0. The smallest absolute Gasteiger partial charge is 0.338 e. The van der Waals surface area contributed by atoms with Crippen LogP contribution in [0, 0.1) is 6.92 Å². The molecule has 0 fully saturated rings. The molecule has 6 heteroatoms. The first-order valence-electron chi connectivity index (χ1n) is 6.87. The molecule has 0 aliphatic carbocycles. The van der Waals surface area contributed by atoms with Crippen LogP contribution < -0.4 is 5.32 Å². The van der Waals surface area contributed by atoms with Gasteiger partial charge in [-0.15, -0.1) is 0 Å². The van der Waals surface area contributed by atoms with Crippen LogP contribution in [0.4, 0.5) is 5.69 Å². The number of nitrogens with zero attached hydrogens (tertiary/aromatic N) is 2. The van der Waals surface area contributed by atoms with Crippen LogP contribution in [0.25, 0.3) is 0 Å². The van der Waals surface area contributed by atoms with E-state index < -0.39 is 5.97 Å². The number of nitrogens with one attached hydrogen (secondary N) is 1. The van der Waals surface area contributed by atoms with Gasteiger partial charge in [-0.2, -0.15) is 0 Å². The molecule has 0 saturated carbocycles. The molecule has 0 aliphatic rings. The van der Waals surface area contributed by atoms with Crippen molar-refractivity contribution in [3.05, 3.63) is 53.6 Å². The zero-order valence-electron chi connectivity index (χ0n) is 12.7. The lowest BCUT2D eigenvalue weighted by Gasteiger charge is -2.09. The number of hydrogen-bond donors (Lipinski definition) is 1. The Morgan fingerprint density at radius 3 is 2.32 bits per heavy atom. The second-order valence-electron chi connectivity index (χ2n) is 5.03. The molecule has 0 spiro atoms. The highest BCUT2D eigenvalue weighted by atomic mass is 16.5. The molecule has 1 aromatic carbocycles. The first kappa shape index (κ1) is 15.6. The van der Waals surface area contributed by atoms with Crippen molar-refractivity contribution >= 4 is 17.6 Å². The van der Waals surface area contributed by atoms with Gasteiger partial charge in [-0.05, 0) is 45.0 Å². The fourth-order valence-electron chi connectivity index (χ4n) is 1.68. The van der Waals surface area contributed by atoms with E-state index in [1.165, 1.54) is 12.4 Å². The molecule has 22 heavy (non-hydrogen) atoms. The largest absolute Gasteiger partial charge is 0.459 e. The van der Waals surface area contributed by atoms with E-state index in [-0.39, 0.29) is 17.7 Å². The predicted molar refractivity (Wildman–Crippen MR) is 81.7 cm³/mol. The van der Waals surface area contributed by atoms with Gasteiger partial charge in [0.1, 0.15) is 5.69 Å². The average molecular weight is 299 g/mol. The number of carbonyl (C=O) groups excluding carboxylic acids is 2. The number of hydrogen-bond acceptors (Lipinski definition) is 5. The van der Waals surface area contributed by atoms with Crippen LogP contribution in [0.5, 0.6) is 0 Å². The first-order chi connectivity index (χ1) is 10.5. The molecular formula is C16H17N3O3. The lowest BCUT2D eigenvalue weighted by atomic mass is 10.2. The van der Waals surface area contributed by atoms with E-state index in [1.54, 1.807) is 45.0 Å². The van der Waals surface area contributed by atoms with Gasteiger partial charge in [0.05, 0.1) is 23.6 Å². The molecule has 2 rings (SSSR count). The van der Waals surface area contributed by atoms with Crippen molar-refractivity contribution in [2.75, 3.05) is 5.32 Å². The molecule has 6 nitrogen and oxygen atoms in total. The standard InChI is InChI=1S/C16H17N3O3/c1-10(2)22-16(21)12-4-6-13(7-5-12)19-15(20)14-9-17-11(3)8-18-14/h4-10H,1-3H3,(H,19,20). The Morgan fingerprint density at radius 1 is 1.09 bits per heavy atom. The summed E-state index contributed by atoms with van der Waals surface area (Å²) in [5.74, 6) is -0.748. The van der Waals surface area contributed by atoms with E-state index in [4.69, 9.17) is 4.74 Å². The number of aromatic nitrogens is 2. The van der Waals surface area contributed by atoms with Crippen LogP contribution in [-0.2, 0) is 4.74 Å². The molecule has 114 valence electrons. The van der Waals surface area contributed by atoms with Crippen LogP contribution in [0.15, 0.2) is 36.7 Å². The summed E-state index contributed by atoms with van der Waals surface area (Å²) in [5, 5.41) is 2.69. The molecule has 0 bridgehead atoms. The number of benzene rings is 1. The summed E-state index contributed by atoms with van der Waals surface area (Å²) >= 11 is 0. The normalized spacial score (nSPS) is 10.4. The van der Waals surface area contributed by atoms with E-state index >= 15 is 0 Å². The van der Waals surface area contributed by atoms with Gasteiger partial charge < -0.3 is 10.1 Å². The Kier molecular flexibility index (Phi) is 4.83.